The number of nitrogens with one attached hydrogen (secondary N) is 1. The fourth-order valence-corrected chi connectivity index (χ4v) is 3.76. The SMILES string of the molecule is C=CCn1c(SCC(=O)Nc2c(C)cccc2CC)nnc1-c1ccc(F)cc1. The third kappa shape index (κ3) is 4.92. The smallest absolute Gasteiger partial charge is 0.234 e. The predicted molar refractivity (Wildman–Crippen MR) is 116 cm³/mol. The van der Waals surface area contributed by atoms with Crippen LogP contribution in [0.25, 0.3) is 11.4 Å². The highest BCUT2D eigenvalue weighted by molar-refractivity contribution is 7.99. The van der Waals surface area contributed by atoms with Gasteiger partial charge in [0.15, 0.2) is 11.0 Å². The lowest BCUT2D eigenvalue weighted by Gasteiger charge is -2.13. The number of thioether (sulfide) groups is 1. The molecule has 0 aliphatic rings. The van der Waals surface area contributed by atoms with Gasteiger partial charge in [0.1, 0.15) is 5.82 Å². The van der Waals surface area contributed by atoms with E-state index in [9.17, 15) is 9.18 Å². The van der Waals surface area contributed by atoms with E-state index in [0.717, 1.165) is 28.8 Å². The third-order valence-electron chi connectivity index (χ3n) is 4.47. The number of rotatable bonds is 8. The maximum Gasteiger partial charge on any atom is 0.234 e. The van der Waals surface area contributed by atoms with E-state index in [1.807, 2.05) is 29.7 Å². The number of aromatic nitrogens is 3. The number of benzene rings is 2. The molecular formula is C22H23FN4OS. The molecule has 0 saturated carbocycles. The summed E-state index contributed by atoms with van der Waals surface area (Å²) in [5.41, 5.74) is 3.78. The number of carbonyl (C=O) groups is 1. The number of carbonyl (C=O) groups excluding carboxylic acids is 1. The van der Waals surface area contributed by atoms with Gasteiger partial charge in [-0.25, -0.2) is 4.39 Å². The average molecular weight is 411 g/mol. The van der Waals surface area contributed by atoms with E-state index >= 15 is 0 Å². The summed E-state index contributed by atoms with van der Waals surface area (Å²) in [4.78, 5) is 12.5. The highest BCUT2D eigenvalue weighted by Gasteiger charge is 2.16. The Bertz CT molecular complexity index is 1010. The monoisotopic (exact) mass is 410 g/mol. The first-order valence-electron chi connectivity index (χ1n) is 9.34. The molecule has 5 nitrogen and oxygen atoms in total. The van der Waals surface area contributed by atoms with Crippen molar-refractivity contribution in [2.75, 3.05) is 11.1 Å². The first-order valence-corrected chi connectivity index (χ1v) is 10.3. The molecule has 0 aliphatic heterocycles. The second kappa shape index (κ2) is 9.52. The van der Waals surface area contributed by atoms with Crippen molar-refractivity contribution in [3.63, 3.8) is 0 Å². The summed E-state index contributed by atoms with van der Waals surface area (Å²) in [6, 6.07) is 12.1. The molecule has 150 valence electrons. The summed E-state index contributed by atoms with van der Waals surface area (Å²) >= 11 is 1.31. The molecule has 0 radical (unpaired) electrons. The molecule has 3 aromatic rings. The Balaban J connectivity index is 1.74. The summed E-state index contributed by atoms with van der Waals surface area (Å²) in [6.07, 6.45) is 2.58. The van der Waals surface area contributed by atoms with Crippen molar-refractivity contribution in [1.29, 1.82) is 0 Å². The molecule has 1 amide bonds. The van der Waals surface area contributed by atoms with Crippen molar-refractivity contribution in [2.45, 2.75) is 32.0 Å². The van der Waals surface area contributed by atoms with E-state index in [-0.39, 0.29) is 17.5 Å². The highest BCUT2D eigenvalue weighted by atomic mass is 32.2. The van der Waals surface area contributed by atoms with E-state index < -0.39 is 0 Å². The van der Waals surface area contributed by atoms with Gasteiger partial charge in [0.2, 0.25) is 5.91 Å². The maximum atomic E-state index is 13.2. The van der Waals surface area contributed by atoms with Gasteiger partial charge < -0.3 is 5.32 Å². The van der Waals surface area contributed by atoms with Crippen LogP contribution in [-0.4, -0.2) is 26.4 Å². The minimum Gasteiger partial charge on any atom is -0.325 e. The van der Waals surface area contributed by atoms with Gasteiger partial charge in [-0.05, 0) is 48.7 Å². The zero-order chi connectivity index (χ0) is 20.8. The molecule has 0 fully saturated rings. The minimum absolute atomic E-state index is 0.101. The van der Waals surface area contributed by atoms with Crippen molar-refractivity contribution in [3.8, 4) is 11.4 Å². The van der Waals surface area contributed by atoms with E-state index in [2.05, 4.69) is 29.0 Å². The third-order valence-corrected chi connectivity index (χ3v) is 5.43. The van der Waals surface area contributed by atoms with Crippen molar-refractivity contribution < 1.29 is 9.18 Å². The maximum absolute atomic E-state index is 13.2. The number of amides is 1. The quantitative estimate of drug-likeness (QED) is 0.425. The largest absolute Gasteiger partial charge is 0.325 e. The molecule has 3 rings (SSSR count). The van der Waals surface area contributed by atoms with Gasteiger partial charge in [-0.15, -0.1) is 16.8 Å². The summed E-state index contributed by atoms with van der Waals surface area (Å²) in [7, 11) is 0. The number of aryl methyl sites for hydroxylation is 2. The zero-order valence-corrected chi connectivity index (χ0v) is 17.3. The van der Waals surface area contributed by atoms with Crippen molar-refractivity contribution in [2.24, 2.45) is 0 Å². The van der Waals surface area contributed by atoms with Crippen LogP contribution in [-0.2, 0) is 17.8 Å². The lowest BCUT2D eigenvalue weighted by atomic mass is 10.1. The normalized spacial score (nSPS) is 10.7. The fourth-order valence-electron chi connectivity index (χ4n) is 3.01. The standard InChI is InChI=1S/C22H23FN4OS/c1-4-13-27-21(17-9-11-18(23)12-10-17)25-26-22(27)29-14-19(28)24-20-15(3)7-6-8-16(20)5-2/h4,6-12H,1,5,13-14H2,2-3H3,(H,24,28). The van der Waals surface area contributed by atoms with E-state index in [0.29, 0.717) is 17.5 Å². The van der Waals surface area contributed by atoms with E-state index in [1.54, 1.807) is 18.2 Å². The molecular weight excluding hydrogens is 387 g/mol. The highest BCUT2D eigenvalue weighted by Crippen LogP contribution is 2.25. The Morgan fingerprint density at radius 1 is 1.24 bits per heavy atom. The van der Waals surface area contributed by atoms with Gasteiger partial charge >= 0.3 is 0 Å². The first kappa shape index (κ1) is 20.8. The van der Waals surface area contributed by atoms with Crippen molar-refractivity contribution in [1.82, 2.24) is 14.8 Å². The Morgan fingerprint density at radius 2 is 2.00 bits per heavy atom. The van der Waals surface area contributed by atoms with Crippen LogP contribution in [0.1, 0.15) is 18.1 Å². The van der Waals surface area contributed by atoms with Crippen LogP contribution in [0.3, 0.4) is 0 Å². The molecule has 29 heavy (non-hydrogen) atoms. The zero-order valence-electron chi connectivity index (χ0n) is 16.5. The number of halogens is 1. The van der Waals surface area contributed by atoms with E-state index in [4.69, 9.17) is 0 Å². The number of nitrogens with zero attached hydrogens (tertiary/aromatic N) is 3. The Morgan fingerprint density at radius 3 is 2.69 bits per heavy atom. The number of hydrogen-bond donors (Lipinski definition) is 1. The van der Waals surface area contributed by atoms with Crippen LogP contribution in [0.2, 0.25) is 0 Å². The lowest BCUT2D eigenvalue weighted by molar-refractivity contribution is -0.113. The summed E-state index contributed by atoms with van der Waals surface area (Å²) in [6.45, 7) is 8.32. The molecule has 0 aliphatic carbocycles. The Kier molecular flexibility index (Phi) is 6.82. The molecule has 2 aromatic carbocycles. The first-order chi connectivity index (χ1) is 14.0. The van der Waals surface area contributed by atoms with Crippen molar-refractivity contribution >= 4 is 23.4 Å². The van der Waals surface area contributed by atoms with Gasteiger partial charge in [0.05, 0.1) is 5.75 Å². The van der Waals surface area contributed by atoms with Gasteiger partial charge in [-0.1, -0.05) is 43.0 Å². The second-order valence-electron chi connectivity index (χ2n) is 6.51. The molecule has 0 unspecified atom stereocenters. The van der Waals surface area contributed by atoms with Crippen LogP contribution >= 0.6 is 11.8 Å². The molecule has 0 bridgehead atoms. The van der Waals surface area contributed by atoms with Crippen molar-refractivity contribution in [3.05, 3.63) is 72.1 Å². The topological polar surface area (TPSA) is 59.8 Å². The summed E-state index contributed by atoms with van der Waals surface area (Å²) in [5, 5.41) is 12.1. The van der Waals surface area contributed by atoms with Crippen LogP contribution in [0.5, 0.6) is 0 Å². The molecule has 7 heteroatoms. The molecule has 0 spiro atoms. The summed E-state index contributed by atoms with van der Waals surface area (Å²) < 4.78 is 15.1. The fraction of sp³-hybridized carbons (Fsp3) is 0.227. The summed E-state index contributed by atoms with van der Waals surface area (Å²) in [5.74, 6) is 0.406. The second-order valence-corrected chi connectivity index (χ2v) is 7.45. The average Bonchev–Trinajstić information content (AvgIpc) is 3.11. The molecule has 0 atom stereocenters. The van der Waals surface area contributed by atoms with Gasteiger partial charge in [0, 0.05) is 17.8 Å². The minimum atomic E-state index is -0.308. The van der Waals surface area contributed by atoms with E-state index in [1.165, 1.54) is 23.9 Å². The van der Waals surface area contributed by atoms with Crippen LogP contribution in [0, 0.1) is 12.7 Å². The molecule has 1 N–H and O–H groups in total. The number of para-hydroxylation sites is 1. The Labute approximate surface area is 174 Å². The Hall–Kier alpha value is -2.93. The van der Waals surface area contributed by atoms with Gasteiger partial charge in [0.25, 0.3) is 0 Å². The molecule has 1 aromatic heterocycles. The van der Waals surface area contributed by atoms with Gasteiger partial charge in [-0.3, -0.25) is 9.36 Å². The number of hydrogen-bond acceptors (Lipinski definition) is 4. The number of anilines is 1. The van der Waals surface area contributed by atoms with Crippen LogP contribution in [0.15, 0.2) is 60.3 Å². The van der Waals surface area contributed by atoms with Crippen LogP contribution in [0.4, 0.5) is 10.1 Å². The van der Waals surface area contributed by atoms with Crippen LogP contribution < -0.4 is 5.32 Å². The lowest BCUT2D eigenvalue weighted by Crippen LogP contribution is -2.16. The number of allylic oxidation sites excluding steroid dienone is 1. The predicted octanol–water partition coefficient (Wildman–Crippen LogP) is 4.87. The molecule has 1 heterocycles. The van der Waals surface area contributed by atoms with Gasteiger partial charge in [-0.2, -0.15) is 0 Å². The molecule has 0 saturated heterocycles.